The zero-order valence-electron chi connectivity index (χ0n) is 5.19. The largest absolute Gasteiger partial charge is 0.329 e. The van der Waals surface area contributed by atoms with E-state index < -0.39 is 4.83 Å². The fourth-order valence-corrected chi connectivity index (χ4v) is 1.68. The number of aromatic nitrogens is 1. The highest BCUT2D eigenvalue weighted by atomic mass is 79.9. The maximum absolute atomic E-state index is 12.6. The minimum atomic E-state index is -3.01. The summed E-state index contributed by atoms with van der Waals surface area (Å²) in [6.07, 6.45) is 1.44. The Balaban J connectivity index is 3.14. The highest BCUT2D eigenvalue weighted by molar-refractivity contribution is 9.10. The van der Waals surface area contributed by atoms with Gasteiger partial charge in [0.15, 0.2) is 0 Å². The summed E-state index contributed by atoms with van der Waals surface area (Å²) in [6.45, 7) is 0. The molecule has 0 aliphatic heterocycles. The molecule has 60 valence electrons. The number of hydrogen-bond donors (Lipinski definition) is 0. The number of alkyl halides is 3. The predicted octanol–water partition coefficient (Wildman–Crippen LogP) is 3.29. The summed E-state index contributed by atoms with van der Waals surface area (Å²) in [6, 6.07) is 2.75. The Morgan fingerprint density at radius 3 is 2.45 bits per heavy atom. The Morgan fingerprint density at radius 1 is 1.45 bits per heavy atom. The van der Waals surface area contributed by atoms with Crippen molar-refractivity contribution in [3.05, 3.63) is 28.5 Å². The van der Waals surface area contributed by atoms with Crippen LogP contribution in [0.2, 0.25) is 0 Å². The molecule has 1 nitrogen and oxygen atoms in total. The lowest BCUT2D eigenvalue weighted by molar-refractivity contribution is 0.113. The predicted molar refractivity (Wildman–Crippen MR) is 44.8 cm³/mol. The summed E-state index contributed by atoms with van der Waals surface area (Å²) in [5.41, 5.74) is -0.167. The third kappa shape index (κ3) is 2.20. The van der Waals surface area contributed by atoms with Crippen molar-refractivity contribution < 1.29 is 8.78 Å². The Labute approximate surface area is 79.1 Å². The van der Waals surface area contributed by atoms with E-state index in [4.69, 9.17) is 0 Å². The molecule has 0 amide bonds. The molecule has 0 aliphatic carbocycles. The smallest absolute Gasteiger partial charge is 0.249 e. The van der Waals surface area contributed by atoms with Crippen LogP contribution in [0.3, 0.4) is 0 Å². The highest BCUT2D eigenvalue weighted by Crippen LogP contribution is 2.37. The fraction of sp³-hybridized carbons (Fsp3) is 0.167. The van der Waals surface area contributed by atoms with Crippen LogP contribution in [-0.4, -0.2) is 4.98 Å². The molecule has 0 atom stereocenters. The first kappa shape index (κ1) is 9.06. The van der Waals surface area contributed by atoms with Crippen LogP contribution < -0.4 is 0 Å². The van der Waals surface area contributed by atoms with Crippen LogP contribution in [0, 0.1) is 0 Å². The number of rotatable bonds is 1. The van der Waals surface area contributed by atoms with Crippen molar-refractivity contribution in [3.8, 4) is 0 Å². The van der Waals surface area contributed by atoms with Gasteiger partial charge >= 0.3 is 4.83 Å². The summed E-state index contributed by atoms with van der Waals surface area (Å²) >= 11 is 5.15. The third-order valence-electron chi connectivity index (χ3n) is 1.06. The van der Waals surface area contributed by atoms with Gasteiger partial charge in [-0.15, -0.1) is 0 Å². The minimum Gasteiger partial charge on any atom is -0.249 e. The molecule has 0 aromatic carbocycles. The zero-order valence-corrected chi connectivity index (χ0v) is 8.36. The van der Waals surface area contributed by atoms with Crippen molar-refractivity contribution >= 4 is 31.9 Å². The van der Waals surface area contributed by atoms with Crippen LogP contribution in [-0.2, 0) is 4.83 Å². The zero-order chi connectivity index (χ0) is 8.48. The van der Waals surface area contributed by atoms with Gasteiger partial charge in [0.25, 0.3) is 0 Å². The van der Waals surface area contributed by atoms with Gasteiger partial charge in [-0.1, -0.05) is 0 Å². The average molecular weight is 287 g/mol. The molecule has 1 aromatic rings. The van der Waals surface area contributed by atoms with E-state index in [2.05, 4.69) is 36.8 Å². The van der Waals surface area contributed by atoms with Crippen LogP contribution in [0.5, 0.6) is 0 Å². The molecular weight excluding hydrogens is 284 g/mol. The van der Waals surface area contributed by atoms with E-state index >= 15 is 0 Å². The number of hydrogen-bond acceptors (Lipinski definition) is 1. The van der Waals surface area contributed by atoms with E-state index in [9.17, 15) is 8.78 Å². The summed E-state index contributed by atoms with van der Waals surface area (Å²) in [7, 11) is 0. The normalized spacial score (nSPS) is 11.6. The number of pyridine rings is 1. The molecule has 0 spiro atoms. The Bertz CT molecular complexity index is 259. The molecule has 0 aliphatic rings. The van der Waals surface area contributed by atoms with Gasteiger partial charge in [-0.2, -0.15) is 8.78 Å². The van der Waals surface area contributed by atoms with Crippen molar-refractivity contribution in [2.45, 2.75) is 4.83 Å². The molecule has 0 N–H and O–H groups in total. The van der Waals surface area contributed by atoms with Gasteiger partial charge in [0.1, 0.15) is 4.60 Å². The fourth-order valence-electron chi connectivity index (χ4n) is 0.597. The van der Waals surface area contributed by atoms with E-state index in [1.54, 1.807) is 0 Å². The minimum absolute atomic E-state index is 0.155. The van der Waals surface area contributed by atoms with Crippen molar-refractivity contribution in [2.24, 2.45) is 0 Å². The van der Waals surface area contributed by atoms with Crippen molar-refractivity contribution in [1.82, 2.24) is 4.98 Å². The molecule has 1 heterocycles. The molecule has 0 radical (unpaired) electrons. The standard InChI is InChI=1S/C6H3Br2F2N/c7-5-4(6(8,9)10)2-1-3-11-5/h1-3H. The van der Waals surface area contributed by atoms with Gasteiger partial charge < -0.3 is 0 Å². The third-order valence-corrected chi connectivity index (χ3v) is 2.12. The molecule has 0 unspecified atom stereocenters. The van der Waals surface area contributed by atoms with E-state index in [0.717, 1.165) is 0 Å². The lowest BCUT2D eigenvalue weighted by Crippen LogP contribution is -2.03. The lowest BCUT2D eigenvalue weighted by Gasteiger charge is -2.08. The number of halogens is 4. The van der Waals surface area contributed by atoms with Crippen molar-refractivity contribution in [1.29, 1.82) is 0 Å². The first-order chi connectivity index (χ1) is 5.02. The van der Waals surface area contributed by atoms with Crippen molar-refractivity contribution in [2.75, 3.05) is 0 Å². The summed E-state index contributed by atoms with van der Waals surface area (Å²) in [5.74, 6) is 0. The van der Waals surface area contributed by atoms with Crippen molar-refractivity contribution in [3.63, 3.8) is 0 Å². The lowest BCUT2D eigenvalue weighted by atomic mass is 10.3. The second-order valence-corrected chi connectivity index (χ2v) is 3.59. The Kier molecular flexibility index (Phi) is 2.59. The summed E-state index contributed by atoms with van der Waals surface area (Å²) in [5, 5.41) is 0. The van der Waals surface area contributed by atoms with Gasteiger partial charge in [0.2, 0.25) is 0 Å². The highest BCUT2D eigenvalue weighted by Gasteiger charge is 2.29. The van der Waals surface area contributed by atoms with E-state index in [-0.39, 0.29) is 10.2 Å². The second-order valence-electron chi connectivity index (χ2n) is 1.84. The molecule has 11 heavy (non-hydrogen) atoms. The van der Waals surface area contributed by atoms with E-state index in [1.807, 2.05) is 0 Å². The summed E-state index contributed by atoms with van der Waals surface area (Å²) in [4.78, 5) is 0.638. The Hall–Kier alpha value is -0.0300. The molecule has 0 saturated heterocycles. The molecule has 0 saturated carbocycles. The van der Waals surface area contributed by atoms with Gasteiger partial charge in [0.05, 0.1) is 5.56 Å². The number of nitrogens with zero attached hydrogens (tertiary/aromatic N) is 1. The van der Waals surface area contributed by atoms with Crippen LogP contribution in [0.25, 0.3) is 0 Å². The molecule has 0 bridgehead atoms. The van der Waals surface area contributed by atoms with Gasteiger partial charge in [-0.05, 0) is 44.0 Å². The molecule has 1 rings (SSSR count). The second kappa shape index (κ2) is 3.15. The SMILES string of the molecule is FC(F)(Br)c1cccnc1Br. The quantitative estimate of drug-likeness (QED) is 0.570. The average Bonchev–Trinajstić information content (AvgIpc) is 1.86. The van der Waals surface area contributed by atoms with Crippen LogP contribution >= 0.6 is 31.9 Å². The maximum atomic E-state index is 12.6. The van der Waals surface area contributed by atoms with Crippen LogP contribution in [0.15, 0.2) is 22.9 Å². The Morgan fingerprint density at radius 2 is 2.09 bits per heavy atom. The first-order valence-electron chi connectivity index (χ1n) is 2.69. The van der Waals surface area contributed by atoms with Gasteiger partial charge in [0, 0.05) is 6.20 Å². The van der Waals surface area contributed by atoms with E-state index in [0.29, 0.717) is 0 Å². The molecular formula is C6H3Br2F2N. The molecule has 1 aromatic heterocycles. The molecule has 5 heteroatoms. The summed E-state index contributed by atoms with van der Waals surface area (Å²) < 4.78 is 25.3. The van der Waals surface area contributed by atoms with Crippen LogP contribution in [0.4, 0.5) is 8.78 Å². The van der Waals surface area contributed by atoms with Crippen LogP contribution in [0.1, 0.15) is 5.56 Å². The van der Waals surface area contributed by atoms with E-state index in [1.165, 1.54) is 18.3 Å². The maximum Gasteiger partial charge on any atom is 0.329 e. The molecule has 0 fully saturated rings. The van der Waals surface area contributed by atoms with Gasteiger partial charge in [-0.3, -0.25) is 0 Å². The topological polar surface area (TPSA) is 12.9 Å². The first-order valence-corrected chi connectivity index (χ1v) is 4.28. The monoisotopic (exact) mass is 285 g/mol. The van der Waals surface area contributed by atoms with Gasteiger partial charge in [-0.25, -0.2) is 4.98 Å².